The summed E-state index contributed by atoms with van der Waals surface area (Å²) in [5.41, 5.74) is 1.93. The molecule has 0 radical (unpaired) electrons. The quantitative estimate of drug-likeness (QED) is 0.709. The summed E-state index contributed by atoms with van der Waals surface area (Å²) in [4.78, 5) is 14.8. The van der Waals surface area contributed by atoms with Crippen molar-refractivity contribution in [3.63, 3.8) is 0 Å². The molecule has 1 aliphatic rings. The molecule has 5 nitrogen and oxygen atoms in total. The summed E-state index contributed by atoms with van der Waals surface area (Å²) >= 11 is 1.41. The molecule has 24 heavy (non-hydrogen) atoms. The second-order valence-electron chi connectivity index (χ2n) is 5.93. The van der Waals surface area contributed by atoms with Gasteiger partial charge in [0.2, 0.25) is 5.78 Å². The lowest BCUT2D eigenvalue weighted by Gasteiger charge is -2.24. The minimum Gasteiger partial charge on any atom is -0.507 e. The predicted molar refractivity (Wildman–Crippen MR) is 90.9 cm³/mol. The van der Waals surface area contributed by atoms with Crippen LogP contribution in [0.25, 0.3) is 11.0 Å². The van der Waals surface area contributed by atoms with Gasteiger partial charge in [-0.3, -0.25) is 4.79 Å². The number of furan rings is 1. The summed E-state index contributed by atoms with van der Waals surface area (Å²) in [6.07, 6.45) is 1.50. The molecule has 1 saturated heterocycles. The lowest BCUT2D eigenvalue weighted by Crippen LogP contribution is -3.12. The molecule has 3 aromatic rings. The van der Waals surface area contributed by atoms with Crippen LogP contribution in [0.5, 0.6) is 5.75 Å². The molecule has 0 bridgehead atoms. The van der Waals surface area contributed by atoms with Gasteiger partial charge in [-0.05, 0) is 23.6 Å². The highest BCUT2D eigenvalue weighted by atomic mass is 32.1. The number of nitrogens with one attached hydrogen (secondary N) is 1. The van der Waals surface area contributed by atoms with E-state index in [1.807, 2.05) is 17.5 Å². The first-order valence-corrected chi connectivity index (χ1v) is 8.83. The third-order valence-corrected chi connectivity index (χ3v) is 5.31. The molecular weight excluding hydrogens is 326 g/mol. The number of ether oxygens (including phenoxy) is 1. The summed E-state index contributed by atoms with van der Waals surface area (Å²) in [5.74, 6) is 0.149. The molecule has 0 spiro atoms. The van der Waals surface area contributed by atoms with Crippen molar-refractivity contribution in [2.75, 3.05) is 26.3 Å². The van der Waals surface area contributed by atoms with E-state index in [9.17, 15) is 9.90 Å². The van der Waals surface area contributed by atoms with Gasteiger partial charge >= 0.3 is 0 Å². The zero-order valence-electron chi connectivity index (χ0n) is 13.1. The summed E-state index contributed by atoms with van der Waals surface area (Å²) in [5, 5.41) is 13.0. The van der Waals surface area contributed by atoms with Crippen LogP contribution in [0.15, 0.2) is 40.3 Å². The Morgan fingerprint density at radius 2 is 2.08 bits per heavy atom. The van der Waals surface area contributed by atoms with Gasteiger partial charge in [-0.1, -0.05) is 6.07 Å². The van der Waals surface area contributed by atoms with Crippen molar-refractivity contribution in [2.24, 2.45) is 0 Å². The Hall–Kier alpha value is -2.15. The Labute approximate surface area is 143 Å². The van der Waals surface area contributed by atoms with Gasteiger partial charge in [-0.15, -0.1) is 11.3 Å². The smallest absolute Gasteiger partial charge is 0.206 e. The summed E-state index contributed by atoms with van der Waals surface area (Å²) in [6.45, 7) is 3.87. The number of morpholine rings is 1. The lowest BCUT2D eigenvalue weighted by molar-refractivity contribution is -0.921. The van der Waals surface area contributed by atoms with E-state index in [0.29, 0.717) is 22.6 Å². The number of fused-ring (bicyclic) bond motifs is 1. The van der Waals surface area contributed by atoms with Crippen molar-refractivity contribution in [1.82, 2.24) is 0 Å². The number of carbonyl (C=O) groups excluding carboxylic acids is 1. The Balaban J connectivity index is 1.78. The second-order valence-corrected chi connectivity index (χ2v) is 6.88. The van der Waals surface area contributed by atoms with Crippen LogP contribution in [-0.2, 0) is 11.3 Å². The molecule has 0 amide bonds. The van der Waals surface area contributed by atoms with Crippen LogP contribution in [0, 0.1) is 0 Å². The molecule has 0 saturated carbocycles. The summed E-state index contributed by atoms with van der Waals surface area (Å²) in [7, 11) is 0. The maximum Gasteiger partial charge on any atom is 0.206 e. The van der Waals surface area contributed by atoms with E-state index in [1.165, 1.54) is 22.5 Å². The largest absolute Gasteiger partial charge is 0.507 e. The highest BCUT2D eigenvalue weighted by molar-refractivity contribution is 7.12. The zero-order chi connectivity index (χ0) is 16.5. The summed E-state index contributed by atoms with van der Waals surface area (Å²) < 4.78 is 11.0. The number of hydrogen-bond donors (Lipinski definition) is 2. The van der Waals surface area contributed by atoms with E-state index in [0.717, 1.165) is 37.3 Å². The van der Waals surface area contributed by atoms with Crippen molar-refractivity contribution >= 4 is 28.1 Å². The number of carbonyl (C=O) groups is 1. The average Bonchev–Trinajstić information content (AvgIpc) is 3.27. The van der Waals surface area contributed by atoms with Gasteiger partial charge < -0.3 is 19.2 Å². The van der Waals surface area contributed by atoms with Gasteiger partial charge in [0.1, 0.15) is 37.2 Å². The van der Waals surface area contributed by atoms with Crippen LogP contribution in [0.2, 0.25) is 0 Å². The van der Waals surface area contributed by atoms with Crippen molar-refractivity contribution in [3.05, 3.63) is 51.9 Å². The minimum atomic E-state index is -0.0624. The minimum absolute atomic E-state index is 0.0624. The molecule has 0 aliphatic carbocycles. The molecule has 2 N–H and O–H groups in total. The number of ketones is 1. The van der Waals surface area contributed by atoms with Gasteiger partial charge in [-0.25, -0.2) is 0 Å². The number of hydrogen-bond acceptors (Lipinski definition) is 5. The van der Waals surface area contributed by atoms with Gasteiger partial charge in [-0.2, -0.15) is 0 Å². The Bertz CT molecular complexity index is 863. The SMILES string of the molecule is O=C(c1cccs1)c1coc2ccc(O)c(C[NH+]3CCOCC3)c12. The van der Waals surface area contributed by atoms with Crippen molar-refractivity contribution < 1.29 is 24.0 Å². The van der Waals surface area contributed by atoms with Gasteiger partial charge in [0.25, 0.3) is 0 Å². The van der Waals surface area contributed by atoms with Crippen LogP contribution >= 0.6 is 11.3 Å². The number of benzene rings is 1. The van der Waals surface area contributed by atoms with Crippen LogP contribution in [0.4, 0.5) is 0 Å². The first-order valence-electron chi connectivity index (χ1n) is 7.95. The molecule has 1 aliphatic heterocycles. The maximum atomic E-state index is 12.8. The van der Waals surface area contributed by atoms with Gasteiger partial charge in [0.15, 0.2) is 0 Å². The fraction of sp³-hybridized carbons (Fsp3) is 0.278. The molecule has 1 aromatic carbocycles. The average molecular weight is 344 g/mol. The van der Waals surface area contributed by atoms with E-state index in [2.05, 4.69) is 0 Å². The molecule has 0 atom stereocenters. The topological polar surface area (TPSA) is 64.1 Å². The lowest BCUT2D eigenvalue weighted by atomic mass is 10.0. The third-order valence-electron chi connectivity index (χ3n) is 4.44. The van der Waals surface area contributed by atoms with Gasteiger partial charge in [0, 0.05) is 5.39 Å². The molecule has 4 rings (SSSR count). The number of phenolic OH excluding ortho intramolecular Hbond substituents is 1. The molecule has 2 aromatic heterocycles. The van der Waals surface area contributed by atoms with Gasteiger partial charge in [0.05, 0.1) is 29.2 Å². The molecular formula is C18H18NO4S+. The van der Waals surface area contributed by atoms with E-state index in [-0.39, 0.29) is 11.5 Å². The molecule has 0 unspecified atom stereocenters. The zero-order valence-corrected chi connectivity index (χ0v) is 13.9. The third kappa shape index (κ3) is 2.73. The van der Waals surface area contributed by atoms with Crippen molar-refractivity contribution in [3.8, 4) is 5.75 Å². The second kappa shape index (κ2) is 6.39. The number of quaternary nitrogens is 1. The standard InChI is InChI=1S/C18H17NO4S/c20-14-3-4-15-17(12(14)10-19-5-7-22-8-6-19)13(11-23-15)18(21)16-2-1-9-24-16/h1-4,9,11,20H,5-8,10H2/p+1. The fourth-order valence-electron chi connectivity index (χ4n) is 3.16. The molecule has 1 fully saturated rings. The van der Waals surface area contributed by atoms with E-state index < -0.39 is 0 Å². The van der Waals surface area contributed by atoms with Crippen LogP contribution in [0.3, 0.4) is 0 Å². The van der Waals surface area contributed by atoms with Crippen LogP contribution in [-0.4, -0.2) is 37.2 Å². The Kier molecular flexibility index (Phi) is 4.10. The first-order chi connectivity index (χ1) is 11.7. The predicted octanol–water partition coefficient (Wildman–Crippen LogP) is 1.85. The van der Waals surface area contributed by atoms with Crippen LogP contribution in [0.1, 0.15) is 20.8 Å². The van der Waals surface area contributed by atoms with E-state index in [1.54, 1.807) is 12.1 Å². The van der Waals surface area contributed by atoms with Crippen LogP contribution < -0.4 is 4.90 Å². The number of aromatic hydroxyl groups is 1. The molecule has 3 heterocycles. The highest BCUT2D eigenvalue weighted by Crippen LogP contribution is 2.32. The Morgan fingerprint density at radius 3 is 2.83 bits per heavy atom. The highest BCUT2D eigenvalue weighted by Gasteiger charge is 2.24. The maximum absolute atomic E-state index is 12.8. The monoisotopic (exact) mass is 344 g/mol. The van der Waals surface area contributed by atoms with Crippen molar-refractivity contribution in [1.29, 1.82) is 0 Å². The fourth-order valence-corrected chi connectivity index (χ4v) is 3.84. The molecule has 6 heteroatoms. The normalized spacial score (nSPS) is 15.8. The number of phenols is 1. The Morgan fingerprint density at radius 1 is 1.25 bits per heavy atom. The van der Waals surface area contributed by atoms with Crippen molar-refractivity contribution in [2.45, 2.75) is 6.54 Å². The molecule has 124 valence electrons. The van der Waals surface area contributed by atoms with E-state index in [4.69, 9.17) is 9.15 Å². The van der Waals surface area contributed by atoms with E-state index >= 15 is 0 Å². The summed E-state index contributed by atoms with van der Waals surface area (Å²) in [6, 6.07) is 7.02. The first kappa shape index (κ1) is 15.4. The number of rotatable bonds is 4. The number of thiophene rings is 1.